The van der Waals surface area contributed by atoms with Gasteiger partial charge < -0.3 is 15.4 Å². The maximum absolute atomic E-state index is 12.1. The molecule has 2 atom stereocenters. The zero-order valence-corrected chi connectivity index (χ0v) is 14.2. The van der Waals surface area contributed by atoms with E-state index in [0.717, 1.165) is 11.1 Å². The third-order valence-electron chi connectivity index (χ3n) is 3.67. The fourth-order valence-electron chi connectivity index (χ4n) is 1.92. The maximum atomic E-state index is 12.1. The number of rotatable bonds is 6. The smallest absolute Gasteiger partial charge is 0.306 e. The average molecular weight is 320 g/mol. The molecule has 0 aliphatic rings. The molecule has 2 amide bonds. The third-order valence-corrected chi connectivity index (χ3v) is 3.67. The summed E-state index contributed by atoms with van der Waals surface area (Å²) in [5.41, 5.74) is 2.90. The number of hydrogen-bond acceptors (Lipinski definition) is 4. The van der Waals surface area contributed by atoms with Crippen LogP contribution in [0.25, 0.3) is 0 Å². The van der Waals surface area contributed by atoms with Crippen LogP contribution in [0.1, 0.15) is 31.4 Å². The van der Waals surface area contributed by atoms with E-state index >= 15 is 0 Å². The molecule has 2 N–H and O–H groups in total. The van der Waals surface area contributed by atoms with Crippen LogP contribution < -0.4 is 10.6 Å². The summed E-state index contributed by atoms with van der Waals surface area (Å²) in [5.74, 6) is -1.69. The van der Waals surface area contributed by atoms with Crippen LogP contribution in [0.15, 0.2) is 18.2 Å². The van der Waals surface area contributed by atoms with Crippen LogP contribution >= 0.6 is 0 Å². The van der Waals surface area contributed by atoms with Gasteiger partial charge in [0.15, 0.2) is 0 Å². The summed E-state index contributed by atoms with van der Waals surface area (Å²) in [4.78, 5) is 35.3. The quantitative estimate of drug-likeness (QED) is 0.785. The van der Waals surface area contributed by atoms with Gasteiger partial charge in [-0.1, -0.05) is 13.0 Å². The van der Waals surface area contributed by atoms with Gasteiger partial charge in [0.1, 0.15) is 6.04 Å². The van der Waals surface area contributed by atoms with Crippen LogP contribution in [0, 0.1) is 19.8 Å². The fraction of sp³-hybridized carbons (Fsp3) is 0.471. The van der Waals surface area contributed by atoms with Gasteiger partial charge in [0.05, 0.1) is 13.5 Å². The number of amides is 2. The number of aryl methyl sites for hydroxylation is 2. The number of methoxy groups -OCH3 is 1. The van der Waals surface area contributed by atoms with E-state index in [2.05, 4.69) is 15.4 Å². The summed E-state index contributed by atoms with van der Waals surface area (Å²) in [5, 5.41) is 5.36. The second kappa shape index (κ2) is 8.31. The van der Waals surface area contributed by atoms with Crippen molar-refractivity contribution in [3.63, 3.8) is 0 Å². The third kappa shape index (κ3) is 5.73. The van der Waals surface area contributed by atoms with Crippen LogP contribution in [0.2, 0.25) is 0 Å². The van der Waals surface area contributed by atoms with E-state index in [-0.39, 0.29) is 18.2 Å². The van der Waals surface area contributed by atoms with Crippen molar-refractivity contribution in [2.45, 2.75) is 40.2 Å². The van der Waals surface area contributed by atoms with Crippen LogP contribution in [0.3, 0.4) is 0 Å². The molecule has 6 nitrogen and oxygen atoms in total. The Bertz CT molecular complexity index is 598. The van der Waals surface area contributed by atoms with E-state index in [1.54, 1.807) is 13.8 Å². The van der Waals surface area contributed by atoms with Crippen LogP contribution in [0.4, 0.5) is 5.69 Å². The van der Waals surface area contributed by atoms with Gasteiger partial charge in [-0.2, -0.15) is 0 Å². The molecular weight excluding hydrogens is 296 g/mol. The number of esters is 1. The van der Waals surface area contributed by atoms with E-state index in [1.807, 2.05) is 32.0 Å². The highest BCUT2D eigenvalue weighted by Crippen LogP contribution is 2.14. The minimum atomic E-state index is -0.704. The first-order valence-corrected chi connectivity index (χ1v) is 7.50. The molecule has 0 spiro atoms. The second-order valence-corrected chi connectivity index (χ2v) is 5.70. The van der Waals surface area contributed by atoms with Crippen molar-refractivity contribution in [2.75, 3.05) is 12.4 Å². The van der Waals surface area contributed by atoms with Gasteiger partial charge in [0.2, 0.25) is 11.8 Å². The summed E-state index contributed by atoms with van der Waals surface area (Å²) in [6.45, 7) is 7.16. The molecule has 1 aromatic carbocycles. The van der Waals surface area contributed by atoms with Gasteiger partial charge in [-0.3, -0.25) is 14.4 Å². The second-order valence-electron chi connectivity index (χ2n) is 5.70. The van der Waals surface area contributed by atoms with E-state index in [4.69, 9.17) is 0 Å². The molecule has 0 aliphatic heterocycles. The highest BCUT2D eigenvalue weighted by molar-refractivity contribution is 5.97. The Morgan fingerprint density at radius 3 is 2.30 bits per heavy atom. The minimum absolute atomic E-state index is 0.0200. The lowest BCUT2D eigenvalue weighted by molar-refractivity contribution is -0.144. The number of benzene rings is 1. The highest BCUT2D eigenvalue weighted by atomic mass is 16.5. The molecule has 0 radical (unpaired) electrons. The zero-order chi connectivity index (χ0) is 17.6. The Balaban J connectivity index is 2.57. The summed E-state index contributed by atoms with van der Waals surface area (Å²) in [6.07, 6.45) is -0.0200. The molecular formula is C17H24N2O4. The van der Waals surface area contributed by atoms with Crippen molar-refractivity contribution in [3.05, 3.63) is 29.3 Å². The van der Waals surface area contributed by atoms with Gasteiger partial charge in [-0.25, -0.2) is 0 Å². The van der Waals surface area contributed by atoms with Crippen molar-refractivity contribution >= 4 is 23.5 Å². The van der Waals surface area contributed by atoms with Gasteiger partial charge in [0, 0.05) is 11.6 Å². The average Bonchev–Trinajstić information content (AvgIpc) is 2.50. The SMILES string of the molecule is COC(=O)CC(C)C(=O)NC(C)C(=O)Nc1ccc(C)c(C)c1. The normalized spacial score (nSPS) is 12.9. The molecule has 1 aromatic rings. The van der Waals surface area contributed by atoms with Crippen LogP contribution in [0.5, 0.6) is 0 Å². The Morgan fingerprint density at radius 2 is 1.74 bits per heavy atom. The lowest BCUT2D eigenvalue weighted by Crippen LogP contribution is -2.44. The van der Waals surface area contributed by atoms with Crippen LogP contribution in [-0.2, 0) is 19.1 Å². The van der Waals surface area contributed by atoms with E-state index in [1.165, 1.54) is 7.11 Å². The van der Waals surface area contributed by atoms with Gasteiger partial charge in [-0.15, -0.1) is 0 Å². The Kier molecular flexibility index (Phi) is 6.75. The molecule has 0 aliphatic carbocycles. The molecule has 23 heavy (non-hydrogen) atoms. The zero-order valence-electron chi connectivity index (χ0n) is 14.2. The first kappa shape index (κ1) is 18.7. The monoisotopic (exact) mass is 320 g/mol. The van der Waals surface area contributed by atoms with Gasteiger partial charge in [0.25, 0.3) is 0 Å². The largest absolute Gasteiger partial charge is 0.469 e. The molecule has 0 heterocycles. The lowest BCUT2D eigenvalue weighted by atomic mass is 10.1. The molecule has 126 valence electrons. The number of carbonyl (C=O) groups is 3. The number of hydrogen-bond donors (Lipinski definition) is 2. The first-order valence-electron chi connectivity index (χ1n) is 7.50. The van der Waals surface area contributed by atoms with Crippen molar-refractivity contribution < 1.29 is 19.1 Å². The Hall–Kier alpha value is -2.37. The summed E-state index contributed by atoms with van der Waals surface area (Å²) < 4.78 is 4.53. The van der Waals surface area contributed by atoms with Gasteiger partial charge >= 0.3 is 5.97 Å². The summed E-state index contributed by atoms with van der Waals surface area (Å²) in [6, 6.07) is 4.91. The number of anilines is 1. The molecule has 0 bridgehead atoms. The predicted octanol–water partition coefficient (Wildman–Crippen LogP) is 1.95. The minimum Gasteiger partial charge on any atom is -0.469 e. The number of ether oxygens (including phenoxy) is 1. The Labute approximate surface area is 136 Å². The fourth-order valence-corrected chi connectivity index (χ4v) is 1.92. The lowest BCUT2D eigenvalue weighted by Gasteiger charge is -2.17. The molecule has 0 saturated heterocycles. The summed E-state index contributed by atoms with van der Waals surface area (Å²) in [7, 11) is 1.27. The topological polar surface area (TPSA) is 84.5 Å². The Morgan fingerprint density at radius 1 is 1.09 bits per heavy atom. The summed E-state index contributed by atoms with van der Waals surface area (Å²) >= 11 is 0. The molecule has 0 aromatic heterocycles. The van der Waals surface area contributed by atoms with Crippen molar-refractivity contribution in [1.29, 1.82) is 0 Å². The predicted molar refractivity (Wildman–Crippen MR) is 87.9 cm³/mol. The standard InChI is InChI=1S/C17H24N2O4/c1-10-6-7-14(8-11(10)2)19-17(22)13(4)18-16(21)12(3)9-15(20)23-5/h6-8,12-13H,9H2,1-5H3,(H,18,21)(H,19,22). The van der Waals surface area contributed by atoms with E-state index in [0.29, 0.717) is 5.69 Å². The van der Waals surface area contributed by atoms with E-state index < -0.39 is 17.9 Å². The molecule has 0 fully saturated rings. The van der Waals surface area contributed by atoms with Gasteiger partial charge in [-0.05, 0) is 44.0 Å². The molecule has 0 saturated carbocycles. The van der Waals surface area contributed by atoms with Crippen molar-refractivity contribution in [1.82, 2.24) is 5.32 Å². The number of nitrogens with one attached hydrogen (secondary N) is 2. The van der Waals surface area contributed by atoms with Crippen molar-refractivity contribution in [3.8, 4) is 0 Å². The molecule has 6 heteroatoms. The first-order chi connectivity index (χ1) is 10.7. The van der Waals surface area contributed by atoms with Crippen molar-refractivity contribution in [2.24, 2.45) is 5.92 Å². The highest BCUT2D eigenvalue weighted by Gasteiger charge is 2.22. The van der Waals surface area contributed by atoms with Crippen LogP contribution in [-0.4, -0.2) is 30.9 Å². The van der Waals surface area contributed by atoms with E-state index in [9.17, 15) is 14.4 Å². The molecule has 2 unspecified atom stereocenters. The maximum Gasteiger partial charge on any atom is 0.306 e. The molecule has 1 rings (SSSR count). The number of carbonyl (C=O) groups excluding carboxylic acids is 3.